The quantitative estimate of drug-likeness (QED) is 0.817. The summed E-state index contributed by atoms with van der Waals surface area (Å²) < 4.78 is 0. The summed E-state index contributed by atoms with van der Waals surface area (Å²) in [5, 5.41) is 3.76. The summed E-state index contributed by atoms with van der Waals surface area (Å²) in [6.45, 7) is 11.9. The Hall–Kier alpha value is -0.0800. The van der Waals surface area contributed by atoms with Gasteiger partial charge >= 0.3 is 0 Å². The van der Waals surface area contributed by atoms with Crippen molar-refractivity contribution in [3.63, 3.8) is 0 Å². The summed E-state index contributed by atoms with van der Waals surface area (Å²) >= 11 is 0. The molecule has 1 saturated heterocycles. The highest BCUT2D eigenvalue weighted by Crippen LogP contribution is 2.33. The van der Waals surface area contributed by atoms with E-state index in [4.69, 9.17) is 0 Å². The second-order valence-electron chi connectivity index (χ2n) is 7.48. The van der Waals surface area contributed by atoms with Crippen molar-refractivity contribution < 1.29 is 0 Å². The lowest BCUT2D eigenvalue weighted by molar-refractivity contribution is 0.0308. The third kappa shape index (κ3) is 3.98. The van der Waals surface area contributed by atoms with E-state index in [9.17, 15) is 0 Å². The summed E-state index contributed by atoms with van der Waals surface area (Å²) in [4.78, 5) is 2.89. The van der Waals surface area contributed by atoms with Gasteiger partial charge in [-0.2, -0.15) is 0 Å². The summed E-state index contributed by atoms with van der Waals surface area (Å²) in [7, 11) is 0. The fourth-order valence-electron chi connectivity index (χ4n) is 4.34. The molecule has 2 heteroatoms. The summed E-state index contributed by atoms with van der Waals surface area (Å²) in [5.74, 6) is 1.80. The van der Waals surface area contributed by atoms with Crippen molar-refractivity contribution >= 4 is 0 Å². The summed E-state index contributed by atoms with van der Waals surface area (Å²) in [5.41, 5.74) is 0. The van der Waals surface area contributed by atoms with Crippen LogP contribution in [0.1, 0.15) is 72.6 Å². The zero-order valence-electron chi connectivity index (χ0n) is 14.2. The zero-order valence-corrected chi connectivity index (χ0v) is 14.2. The van der Waals surface area contributed by atoms with Crippen LogP contribution in [0, 0.1) is 11.8 Å². The molecule has 0 radical (unpaired) electrons. The van der Waals surface area contributed by atoms with Gasteiger partial charge < -0.3 is 5.32 Å². The Morgan fingerprint density at radius 1 is 1.10 bits per heavy atom. The molecule has 2 unspecified atom stereocenters. The SMILES string of the molecule is CCCC1CCC(N2CC(CC)NCC2C(C)C)CC1. The topological polar surface area (TPSA) is 15.3 Å². The molecule has 1 saturated carbocycles. The zero-order chi connectivity index (χ0) is 14.5. The average molecular weight is 281 g/mol. The Labute approximate surface area is 126 Å². The summed E-state index contributed by atoms with van der Waals surface area (Å²) in [6, 6.07) is 2.34. The third-order valence-electron chi connectivity index (χ3n) is 5.72. The molecule has 2 atom stereocenters. The molecule has 0 aromatic carbocycles. The molecule has 0 aromatic rings. The van der Waals surface area contributed by atoms with Crippen molar-refractivity contribution in [3.8, 4) is 0 Å². The molecule has 0 aromatic heterocycles. The molecule has 1 N–H and O–H groups in total. The number of nitrogens with zero attached hydrogens (tertiary/aromatic N) is 1. The molecule has 1 aliphatic heterocycles. The van der Waals surface area contributed by atoms with Crippen LogP contribution in [0.3, 0.4) is 0 Å². The Morgan fingerprint density at radius 2 is 1.80 bits per heavy atom. The molecular formula is C18H36N2. The molecule has 1 aliphatic carbocycles. The third-order valence-corrected chi connectivity index (χ3v) is 5.72. The van der Waals surface area contributed by atoms with Gasteiger partial charge in [-0.3, -0.25) is 4.90 Å². The normalized spacial score (nSPS) is 36.5. The Morgan fingerprint density at radius 3 is 2.35 bits per heavy atom. The number of nitrogens with one attached hydrogen (secondary N) is 1. The Bertz CT molecular complexity index is 269. The van der Waals surface area contributed by atoms with Crippen molar-refractivity contribution in [2.45, 2.75) is 90.8 Å². The lowest BCUT2D eigenvalue weighted by Crippen LogP contribution is -2.61. The second kappa shape index (κ2) is 7.79. The van der Waals surface area contributed by atoms with Crippen molar-refractivity contribution in [2.24, 2.45) is 11.8 Å². The van der Waals surface area contributed by atoms with Crippen LogP contribution in [0.5, 0.6) is 0 Å². The van der Waals surface area contributed by atoms with Gasteiger partial charge in [0.05, 0.1) is 0 Å². The number of rotatable bonds is 5. The highest BCUT2D eigenvalue weighted by atomic mass is 15.3. The highest BCUT2D eigenvalue weighted by molar-refractivity contribution is 4.92. The van der Waals surface area contributed by atoms with E-state index in [1.165, 1.54) is 58.0 Å². The minimum atomic E-state index is 0.721. The van der Waals surface area contributed by atoms with Crippen LogP contribution in [-0.2, 0) is 0 Å². The van der Waals surface area contributed by atoms with Gasteiger partial charge in [0.1, 0.15) is 0 Å². The van der Waals surface area contributed by atoms with E-state index in [2.05, 4.69) is 37.9 Å². The second-order valence-corrected chi connectivity index (χ2v) is 7.48. The largest absolute Gasteiger partial charge is 0.311 e. The van der Waals surface area contributed by atoms with E-state index in [0.717, 1.165) is 30.0 Å². The van der Waals surface area contributed by atoms with Gasteiger partial charge in [0.2, 0.25) is 0 Å². The molecule has 2 fully saturated rings. The van der Waals surface area contributed by atoms with Gasteiger partial charge in [0.25, 0.3) is 0 Å². The predicted molar refractivity (Wildman–Crippen MR) is 88.1 cm³/mol. The first kappa shape index (κ1) is 16.3. The molecule has 2 nitrogen and oxygen atoms in total. The minimum Gasteiger partial charge on any atom is -0.311 e. The van der Waals surface area contributed by atoms with Crippen LogP contribution in [0.4, 0.5) is 0 Å². The summed E-state index contributed by atoms with van der Waals surface area (Å²) in [6.07, 6.45) is 9.95. The van der Waals surface area contributed by atoms with E-state index in [0.29, 0.717) is 0 Å². The number of hydrogen-bond donors (Lipinski definition) is 1. The first-order chi connectivity index (χ1) is 9.65. The van der Waals surface area contributed by atoms with Crippen molar-refractivity contribution in [1.29, 1.82) is 0 Å². The average Bonchev–Trinajstić information content (AvgIpc) is 2.47. The standard InChI is InChI=1S/C18H36N2/c1-5-7-15-8-10-17(11-9-15)20-13-16(6-2)19-12-18(20)14(3)4/h14-19H,5-13H2,1-4H3. The van der Waals surface area contributed by atoms with E-state index in [1.807, 2.05) is 0 Å². The van der Waals surface area contributed by atoms with Crippen LogP contribution in [0.25, 0.3) is 0 Å². The molecule has 2 aliphatic rings. The molecule has 118 valence electrons. The van der Waals surface area contributed by atoms with Crippen LogP contribution in [-0.4, -0.2) is 36.1 Å². The van der Waals surface area contributed by atoms with Gasteiger partial charge in [-0.25, -0.2) is 0 Å². The molecule has 1 heterocycles. The molecular weight excluding hydrogens is 244 g/mol. The maximum absolute atomic E-state index is 3.76. The van der Waals surface area contributed by atoms with Gasteiger partial charge in [0, 0.05) is 31.2 Å². The highest BCUT2D eigenvalue weighted by Gasteiger charge is 2.35. The predicted octanol–water partition coefficient (Wildman–Crippen LogP) is 4.05. The fourth-order valence-corrected chi connectivity index (χ4v) is 4.34. The number of hydrogen-bond acceptors (Lipinski definition) is 2. The van der Waals surface area contributed by atoms with E-state index >= 15 is 0 Å². The van der Waals surface area contributed by atoms with Crippen LogP contribution in [0.15, 0.2) is 0 Å². The molecule has 20 heavy (non-hydrogen) atoms. The smallest absolute Gasteiger partial charge is 0.0247 e. The molecule has 0 bridgehead atoms. The van der Waals surface area contributed by atoms with E-state index in [1.54, 1.807) is 0 Å². The Balaban J connectivity index is 1.93. The Kier molecular flexibility index (Phi) is 6.35. The van der Waals surface area contributed by atoms with Gasteiger partial charge in [-0.1, -0.05) is 40.5 Å². The van der Waals surface area contributed by atoms with Gasteiger partial charge in [-0.15, -0.1) is 0 Å². The maximum Gasteiger partial charge on any atom is 0.0247 e. The van der Waals surface area contributed by atoms with Crippen molar-refractivity contribution in [3.05, 3.63) is 0 Å². The fraction of sp³-hybridized carbons (Fsp3) is 1.00. The molecule has 2 rings (SSSR count). The minimum absolute atomic E-state index is 0.721. The van der Waals surface area contributed by atoms with Gasteiger partial charge in [0.15, 0.2) is 0 Å². The first-order valence-electron chi connectivity index (χ1n) is 9.14. The monoisotopic (exact) mass is 280 g/mol. The van der Waals surface area contributed by atoms with Crippen molar-refractivity contribution in [2.75, 3.05) is 13.1 Å². The van der Waals surface area contributed by atoms with E-state index < -0.39 is 0 Å². The lowest BCUT2D eigenvalue weighted by Gasteiger charge is -2.48. The number of piperazine rings is 1. The van der Waals surface area contributed by atoms with Crippen LogP contribution >= 0.6 is 0 Å². The van der Waals surface area contributed by atoms with Gasteiger partial charge in [-0.05, 0) is 43.9 Å². The molecule has 0 spiro atoms. The van der Waals surface area contributed by atoms with Crippen LogP contribution in [0.2, 0.25) is 0 Å². The maximum atomic E-state index is 3.76. The van der Waals surface area contributed by atoms with Crippen molar-refractivity contribution in [1.82, 2.24) is 10.2 Å². The lowest BCUT2D eigenvalue weighted by atomic mass is 9.81. The van der Waals surface area contributed by atoms with E-state index in [-0.39, 0.29) is 0 Å². The first-order valence-corrected chi connectivity index (χ1v) is 9.14. The van der Waals surface area contributed by atoms with Crippen LogP contribution < -0.4 is 5.32 Å². The molecule has 0 amide bonds.